The van der Waals surface area contributed by atoms with Gasteiger partial charge in [0.15, 0.2) is 0 Å². The summed E-state index contributed by atoms with van der Waals surface area (Å²) in [7, 11) is 0. The fourth-order valence-corrected chi connectivity index (χ4v) is 5.50. The van der Waals surface area contributed by atoms with Crippen molar-refractivity contribution in [2.75, 3.05) is 0 Å². The quantitative estimate of drug-likeness (QED) is 0.371. The van der Waals surface area contributed by atoms with Gasteiger partial charge in [-0.3, -0.25) is 0 Å². The molecule has 4 aromatic rings. The van der Waals surface area contributed by atoms with E-state index >= 15 is 0 Å². The van der Waals surface area contributed by atoms with Crippen LogP contribution in [-0.4, -0.2) is 22.3 Å². The summed E-state index contributed by atoms with van der Waals surface area (Å²) in [5, 5.41) is 28.4. The molecule has 1 heterocycles. The van der Waals surface area contributed by atoms with Crippen LogP contribution in [0.1, 0.15) is 41.5 Å². The monoisotopic (exact) mass is 449 g/mol. The van der Waals surface area contributed by atoms with Gasteiger partial charge in [-0.1, -0.05) is 128 Å². The Kier molecular flexibility index (Phi) is 6.34. The van der Waals surface area contributed by atoms with E-state index in [1.165, 1.54) is 0 Å². The van der Waals surface area contributed by atoms with Crippen molar-refractivity contribution in [2.45, 2.75) is 42.5 Å². The first-order valence-electron chi connectivity index (χ1n) is 12.1. The SMILES string of the molecule is OC(c1ccccc1)(c1ccccc1)[C@@H]1CCC[C@H](C(O)(c2ccccc2)c2ccccc2)N1. The van der Waals surface area contributed by atoms with E-state index in [0.717, 1.165) is 41.5 Å². The Morgan fingerprint density at radius 1 is 0.471 bits per heavy atom. The maximum atomic E-state index is 12.4. The Morgan fingerprint density at radius 3 is 1.00 bits per heavy atom. The zero-order valence-electron chi connectivity index (χ0n) is 19.2. The van der Waals surface area contributed by atoms with Gasteiger partial charge in [0.25, 0.3) is 0 Å². The van der Waals surface area contributed by atoms with Crippen LogP contribution in [0.25, 0.3) is 0 Å². The standard InChI is InChI=1S/C31H31NO2/c33-30(24-14-5-1-6-15-24,25-16-7-2-8-17-25)28-22-13-23-29(32-28)31(34,26-18-9-3-10-19-26)27-20-11-4-12-21-27/h1-12,14-21,28-29,32-34H,13,22-23H2/t28-,29+. The molecule has 4 aromatic carbocycles. The first kappa shape index (κ1) is 22.5. The Hall–Kier alpha value is -3.24. The molecule has 0 radical (unpaired) electrons. The van der Waals surface area contributed by atoms with Crippen molar-refractivity contribution in [2.24, 2.45) is 0 Å². The Labute approximate surface area is 201 Å². The van der Waals surface area contributed by atoms with Crippen LogP contribution in [0.5, 0.6) is 0 Å². The van der Waals surface area contributed by atoms with Gasteiger partial charge in [-0.2, -0.15) is 0 Å². The molecule has 0 amide bonds. The third-order valence-corrected chi connectivity index (χ3v) is 7.25. The highest BCUT2D eigenvalue weighted by Crippen LogP contribution is 2.42. The Balaban J connectivity index is 1.59. The molecule has 172 valence electrons. The largest absolute Gasteiger partial charge is 0.379 e. The number of hydrogen-bond donors (Lipinski definition) is 3. The molecule has 0 unspecified atom stereocenters. The second-order valence-corrected chi connectivity index (χ2v) is 9.20. The van der Waals surface area contributed by atoms with Gasteiger partial charge in [0.05, 0.1) is 0 Å². The van der Waals surface area contributed by atoms with Crippen LogP contribution >= 0.6 is 0 Å². The van der Waals surface area contributed by atoms with E-state index in [-0.39, 0.29) is 12.1 Å². The van der Waals surface area contributed by atoms with Crippen LogP contribution in [0.3, 0.4) is 0 Å². The summed E-state index contributed by atoms with van der Waals surface area (Å²) >= 11 is 0. The van der Waals surface area contributed by atoms with Crippen LogP contribution in [0.15, 0.2) is 121 Å². The number of rotatable bonds is 6. The van der Waals surface area contributed by atoms with Gasteiger partial charge in [0.1, 0.15) is 11.2 Å². The molecule has 3 heteroatoms. The minimum atomic E-state index is -1.23. The third kappa shape index (κ3) is 3.97. The number of hydrogen-bond acceptors (Lipinski definition) is 3. The molecular weight excluding hydrogens is 418 g/mol. The summed E-state index contributed by atoms with van der Waals surface area (Å²) in [5.41, 5.74) is 0.944. The second-order valence-electron chi connectivity index (χ2n) is 9.20. The van der Waals surface area contributed by atoms with Crippen LogP contribution in [0.2, 0.25) is 0 Å². The average Bonchev–Trinajstić information content (AvgIpc) is 2.94. The van der Waals surface area contributed by atoms with E-state index in [2.05, 4.69) is 5.32 Å². The third-order valence-electron chi connectivity index (χ3n) is 7.25. The topological polar surface area (TPSA) is 52.5 Å². The molecule has 0 aromatic heterocycles. The molecule has 0 spiro atoms. The second kappa shape index (κ2) is 9.55. The predicted molar refractivity (Wildman–Crippen MR) is 136 cm³/mol. The number of nitrogens with one attached hydrogen (secondary N) is 1. The van der Waals surface area contributed by atoms with Gasteiger partial charge < -0.3 is 15.5 Å². The molecular formula is C31H31NO2. The van der Waals surface area contributed by atoms with Gasteiger partial charge in [-0.05, 0) is 35.1 Å². The molecule has 0 saturated carbocycles. The van der Waals surface area contributed by atoms with Crippen LogP contribution in [0, 0.1) is 0 Å². The highest BCUT2D eigenvalue weighted by atomic mass is 16.3. The lowest BCUT2D eigenvalue weighted by atomic mass is 9.72. The van der Waals surface area contributed by atoms with E-state index < -0.39 is 11.2 Å². The van der Waals surface area contributed by atoms with E-state index in [4.69, 9.17) is 0 Å². The van der Waals surface area contributed by atoms with Gasteiger partial charge >= 0.3 is 0 Å². The lowest BCUT2D eigenvalue weighted by Gasteiger charge is -2.47. The molecule has 0 aliphatic carbocycles. The minimum absolute atomic E-state index is 0.269. The summed E-state index contributed by atoms with van der Waals surface area (Å²) in [6, 6.07) is 38.9. The highest BCUT2D eigenvalue weighted by molar-refractivity contribution is 5.41. The molecule has 3 N–H and O–H groups in total. The van der Waals surface area contributed by atoms with E-state index in [0.29, 0.717) is 0 Å². The molecule has 3 nitrogen and oxygen atoms in total. The van der Waals surface area contributed by atoms with Gasteiger partial charge in [0.2, 0.25) is 0 Å². The first-order valence-corrected chi connectivity index (χ1v) is 12.1. The predicted octanol–water partition coefficient (Wildman–Crippen LogP) is 5.37. The van der Waals surface area contributed by atoms with Crippen LogP contribution in [-0.2, 0) is 11.2 Å². The zero-order chi connectivity index (χ0) is 23.4. The van der Waals surface area contributed by atoms with E-state index in [1.807, 2.05) is 121 Å². The van der Waals surface area contributed by atoms with E-state index in [9.17, 15) is 10.2 Å². The highest BCUT2D eigenvalue weighted by Gasteiger charge is 2.48. The number of piperidine rings is 1. The molecule has 5 rings (SSSR count). The van der Waals surface area contributed by atoms with Crippen molar-refractivity contribution < 1.29 is 10.2 Å². The first-order chi connectivity index (χ1) is 16.6. The maximum absolute atomic E-state index is 12.4. The molecule has 34 heavy (non-hydrogen) atoms. The summed E-state index contributed by atoms with van der Waals surface area (Å²) in [6.07, 6.45) is 2.50. The number of aliphatic hydroxyl groups is 2. The Bertz CT molecular complexity index is 1010. The number of benzene rings is 4. The van der Waals surface area contributed by atoms with Gasteiger partial charge in [0, 0.05) is 12.1 Å². The summed E-state index contributed by atoms with van der Waals surface area (Å²) in [6.45, 7) is 0. The van der Waals surface area contributed by atoms with Gasteiger partial charge in [-0.15, -0.1) is 0 Å². The molecule has 1 aliphatic heterocycles. The summed E-state index contributed by atoms with van der Waals surface area (Å²) in [4.78, 5) is 0. The van der Waals surface area contributed by atoms with Crippen molar-refractivity contribution in [1.82, 2.24) is 5.32 Å². The zero-order valence-corrected chi connectivity index (χ0v) is 19.2. The minimum Gasteiger partial charge on any atom is -0.379 e. The van der Waals surface area contributed by atoms with Crippen molar-refractivity contribution in [3.05, 3.63) is 144 Å². The van der Waals surface area contributed by atoms with Crippen molar-refractivity contribution in [3.8, 4) is 0 Å². The van der Waals surface area contributed by atoms with Crippen LogP contribution < -0.4 is 5.32 Å². The molecule has 0 bridgehead atoms. The average molecular weight is 450 g/mol. The molecule has 1 saturated heterocycles. The molecule has 1 aliphatic rings. The maximum Gasteiger partial charge on any atom is 0.130 e. The fourth-order valence-electron chi connectivity index (χ4n) is 5.50. The summed E-state index contributed by atoms with van der Waals surface area (Å²) < 4.78 is 0. The van der Waals surface area contributed by atoms with Gasteiger partial charge in [-0.25, -0.2) is 0 Å². The molecule has 2 atom stereocenters. The van der Waals surface area contributed by atoms with Crippen LogP contribution in [0.4, 0.5) is 0 Å². The van der Waals surface area contributed by atoms with Crippen molar-refractivity contribution >= 4 is 0 Å². The fraction of sp³-hybridized carbons (Fsp3) is 0.226. The molecule has 1 fully saturated rings. The normalized spacial score (nSPS) is 19.0. The van der Waals surface area contributed by atoms with Crippen molar-refractivity contribution in [3.63, 3.8) is 0 Å². The van der Waals surface area contributed by atoms with Crippen molar-refractivity contribution in [1.29, 1.82) is 0 Å². The lowest BCUT2D eigenvalue weighted by molar-refractivity contribution is -0.0256. The lowest BCUT2D eigenvalue weighted by Crippen LogP contribution is -2.61. The van der Waals surface area contributed by atoms with E-state index in [1.54, 1.807) is 0 Å². The summed E-state index contributed by atoms with van der Waals surface area (Å²) in [5.74, 6) is 0. The smallest absolute Gasteiger partial charge is 0.130 e. The Morgan fingerprint density at radius 2 is 0.735 bits per heavy atom.